The Morgan fingerprint density at radius 3 is 2.88 bits per heavy atom. The van der Waals surface area contributed by atoms with Crippen LogP contribution in [0.1, 0.15) is 5.56 Å². The first kappa shape index (κ1) is 16.3. The number of aromatic nitrogens is 4. The summed E-state index contributed by atoms with van der Waals surface area (Å²) in [5.74, 6) is 0.574. The Morgan fingerprint density at radius 1 is 1.29 bits per heavy atom. The van der Waals surface area contributed by atoms with Crippen molar-refractivity contribution in [1.82, 2.24) is 19.7 Å². The van der Waals surface area contributed by atoms with Gasteiger partial charge in [-0.05, 0) is 17.7 Å². The van der Waals surface area contributed by atoms with Crippen LogP contribution >= 0.6 is 0 Å². The van der Waals surface area contributed by atoms with E-state index in [0.29, 0.717) is 29.9 Å². The van der Waals surface area contributed by atoms with E-state index in [1.807, 2.05) is 0 Å². The van der Waals surface area contributed by atoms with Gasteiger partial charge in [0.1, 0.15) is 12.1 Å². The highest BCUT2D eigenvalue weighted by molar-refractivity contribution is 7.89. The molecule has 2 heterocycles. The molecule has 0 aliphatic carbocycles. The summed E-state index contributed by atoms with van der Waals surface area (Å²) in [6.07, 6.45) is 3.02. The fraction of sp³-hybridized carbons (Fsp3) is 0.214. The summed E-state index contributed by atoms with van der Waals surface area (Å²) in [6.45, 7) is 0.668. The number of anilines is 1. The summed E-state index contributed by atoms with van der Waals surface area (Å²) in [5, 5.41) is 22.2. The predicted molar refractivity (Wildman–Crippen MR) is 87.6 cm³/mol. The molecule has 0 radical (unpaired) electrons. The van der Waals surface area contributed by atoms with Crippen LogP contribution < -0.4 is 10.5 Å². The third kappa shape index (κ3) is 3.35. The van der Waals surface area contributed by atoms with Gasteiger partial charge in [-0.15, -0.1) is 0 Å². The lowest BCUT2D eigenvalue weighted by Gasteiger charge is -2.08. The van der Waals surface area contributed by atoms with E-state index in [9.17, 15) is 8.42 Å². The van der Waals surface area contributed by atoms with E-state index in [1.165, 1.54) is 18.5 Å². The number of nitrogens with zero attached hydrogens (tertiary/aromatic N) is 4. The molecule has 0 saturated heterocycles. The van der Waals surface area contributed by atoms with Crippen molar-refractivity contribution < 1.29 is 13.5 Å². The van der Waals surface area contributed by atoms with Gasteiger partial charge in [0.05, 0.1) is 29.6 Å². The molecule has 2 aromatic heterocycles. The maximum atomic E-state index is 11.4. The lowest BCUT2D eigenvalue weighted by molar-refractivity contribution is 0.271. The van der Waals surface area contributed by atoms with E-state index < -0.39 is 10.0 Å². The van der Waals surface area contributed by atoms with Crippen molar-refractivity contribution in [3.63, 3.8) is 0 Å². The minimum atomic E-state index is -3.74. The van der Waals surface area contributed by atoms with Gasteiger partial charge in [0.15, 0.2) is 5.65 Å². The van der Waals surface area contributed by atoms with Crippen molar-refractivity contribution in [3.05, 3.63) is 42.4 Å². The lowest BCUT2D eigenvalue weighted by atomic mass is 10.2. The molecule has 126 valence electrons. The molecule has 0 bridgehead atoms. The van der Waals surface area contributed by atoms with E-state index in [1.54, 1.807) is 23.0 Å². The van der Waals surface area contributed by atoms with Gasteiger partial charge >= 0.3 is 0 Å². The summed E-state index contributed by atoms with van der Waals surface area (Å²) < 4.78 is 24.4. The zero-order valence-electron chi connectivity index (χ0n) is 12.6. The zero-order valence-corrected chi connectivity index (χ0v) is 13.4. The van der Waals surface area contributed by atoms with E-state index >= 15 is 0 Å². The molecule has 1 aromatic carbocycles. The van der Waals surface area contributed by atoms with E-state index in [2.05, 4.69) is 20.4 Å². The minimum Gasteiger partial charge on any atom is -0.394 e. The molecular weight excluding hydrogens is 332 g/mol. The Balaban J connectivity index is 1.84. The number of aliphatic hydroxyl groups excluding tert-OH is 1. The second kappa shape index (κ2) is 6.51. The Bertz CT molecular complexity index is 970. The van der Waals surface area contributed by atoms with Gasteiger partial charge in [-0.25, -0.2) is 28.2 Å². The maximum absolute atomic E-state index is 11.4. The smallest absolute Gasteiger partial charge is 0.238 e. The van der Waals surface area contributed by atoms with Gasteiger partial charge in [-0.2, -0.15) is 5.10 Å². The van der Waals surface area contributed by atoms with Crippen molar-refractivity contribution in [2.75, 3.05) is 11.9 Å². The highest BCUT2D eigenvalue weighted by atomic mass is 32.2. The SMILES string of the molecule is NS(=O)(=O)c1cccc(CNc2ncnc3c2cnn3CCO)c1. The molecule has 9 nitrogen and oxygen atoms in total. The van der Waals surface area contributed by atoms with Crippen molar-refractivity contribution in [2.45, 2.75) is 18.0 Å². The summed E-state index contributed by atoms with van der Waals surface area (Å²) >= 11 is 0. The Kier molecular flexibility index (Phi) is 4.42. The summed E-state index contributed by atoms with van der Waals surface area (Å²) in [6, 6.07) is 6.37. The number of nitrogens with one attached hydrogen (secondary N) is 1. The van der Waals surface area contributed by atoms with Crippen LogP contribution in [0.2, 0.25) is 0 Å². The van der Waals surface area contributed by atoms with Gasteiger partial charge in [0.2, 0.25) is 10.0 Å². The van der Waals surface area contributed by atoms with Crippen molar-refractivity contribution >= 4 is 26.9 Å². The number of aliphatic hydroxyl groups is 1. The van der Waals surface area contributed by atoms with Gasteiger partial charge < -0.3 is 10.4 Å². The third-order valence-electron chi connectivity index (χ3n) is 3.43. The number of benzene rings is 1. The van der Waals surface area contributed by atoms with Crippen molar-refractivity contribution in [1.29, 1.82) is 0 Å². The van der Waals surface area contributed by atoms with Crippen LogP contribution in [0.15, 0.2) is 41.7 Å². The van der Waals surface area contributed by atoms with Gasteiger partial charge in [0.25, 0.3) is 0 Å². The lowest BCUT2D eigenvalue weighted by Crippen LogP contribution is -2.12. The van der Waals surface area contributed by atoms with Crippen LogP contribution in [0.4, 0.5) is 5.82 Å². The van der Waals surface area contributed by atoms with Gasteiger partial charge in [0, 0.05) is 6.54 Å². The van der Waals surface area contributed by atoms with E-state index in [4.69, 9.17) is 10.2 Å². The summed E-state index contributed by atoms with van der Waals surface area (Å²) in [7, 11) is -3.74. The first-order chi connectivity index (χ1) is 11.5. The van der Waals surface area contributed by atoms with Crippen LogP contribution in [-0.4, -0.2) is 39.9 Å². The second-order valence-electron chi connectivity index (χ2n) is 5.10. The topological polar surface area (TPSA) is 136 Å². The number of rotatable bonds is 6. The molecule has 0 fully saturated rings. The summed E-state index contributed by atoms with van der Waals surface area (Å²) in [4.78, 5) is 8.41. The van der Waals surface area contributed by atoms with Crippen LogP contribution in [0, 0.1) is 0 Å². The van der Waals surface area contributed by atoms with Crippen LogP contribution in [-0.2, 0) is 23.1 Å². The van der Waals surface area contributed by atoms with Crippen molar-refractivity contribution in [2.24, 2.45) is 5.14 Å². The molecule has 24 heavy (non-hydrogen) atoms. The zero-order chi connectivity index (χ0) is 17.2. The molecule has 10 heteroatoms. The minimum absolute atomic E-state index is 0.0378. The van der Waals surface area contributed by atoms with Crippen LogP contribution in [0.5, 0.6) is 0 Å². The number of sulfonamides is 1. The average Bonchev–Trinajstić information content (AvgIpc) is 2.97. The molecule has 0 unspecified atom stereocenters. The molecule has 0 spiro atoms. The second-order valence-corrected chi connectivity index (χ2v) is 6.66. The molecule has 0 amide bonds. The fourth-order valence-corrected chi connectivity index (χ4v) is 2.89. The fourth-order valence-electron chi connectivity index (χ4n) is 2.31. The molecule has 0 aliphatic rings. The molecule has 0 saturated carbocycles. The predicted octanol–water partition coefficient (Wildman–Crippen LogP) is 0.0781. The standard InChI is InChI=1S/C14H16N6O3S/c15-24(22,23)11-3-1-2-10(6-11)7-16-13-12-8-19-20(4-5-21)14(12)18-9-17-13/h1-3,6,8-9,21H,4-5,7H2,(H2,15,22,23)(H,16,17,18). The first-order valence-electron chi connectivity index (χ1n) is 7.12. The first-order valence-corrected chi connectivity index (χ1v) is 8.66. The highest BCUT2D eigenvalue weighted by Gasteiger charge is 2.11. The molecule has 4 N–H and O–H groups in total. The average molecular weight is 348 g/mol. The Hall–Kier alpha value is -2.56. The largest absolute Gasteiger partial charge is 0.394 e. The normalized spacial score (nSPS) is 11.8. The van der Waals surface area contributed by atoms with Crippen LogP contribution in [0.3, 0.4) is 0 Å². The van der Waals surface area contributed by atoms with Crippen molar-refractivity contribution in [3.8, 4) is 0 Å². The monoisotopic (exact) mass is 348 g/mol. The highest BCUT2D eigenvalue weighted by Crippen LogP contribution is 2.19. The number of hydrogen-bond donors (Lipinski definition) is 3. The van der Waals surface area contributed by atoms with Gasteiger partial charge in [-0.1, -0.05) is 12.1 Å². The molecule has 3 rings (SSSR count). The molecular formula is C14H16N6O3S. The van der Waals surface area contributed by atoms with E-state index in [-0.39, 0.29) is 11.5 Å². The number of nitrogens with two attached hydrogens (primary N) is 1. The number of fused-ring (bicyclic) bond motifs is 1. The Morgan fingerprint density at radius 2 is 2.12 bits per heavy atom. The third-order valence-corrected chi connectivity index (χ3v) is 4.34. The maximum Gasteiger partial charge on any atom is 0.238 e. The Labute approximate surface area is 138 Å². The summed E-state index contributed by atoms with van der Waals surface area (Å²) in [5.41, 5.74) is 1.36. The molecule has 3 aromatic rings. The van der Waals surface area contributed by atoms with Crippen LogP contribution in [0.25, 0.3) is 11.0 Å². The number of hydrogen-bond acceptors (Lipinski definition) is 7. The molecule has 0 aliphatic heterocycles. The van der Waals surface area contributed by atoms with E-state index in [0.717, 1.165) is 5.56 Å². The van der Waals surface area contributed by atoms with Gasteiger partial charge in [-0.3, -0.25) is 0 Å². The number of primary sulfonamides is 1. The molecule has 0 atom stereocenters. The quantitative estimate of drug-likeness (QED) is 0.574.